The van der Waals surface area contributed by atoms with Gasteiger partial charge in [0.15, 0.2) is 17.3 Å². The topological polar surface area (TPSA) is 71.1 Å². The van der Waals surface area contributed by atoms with E-state index in [1.807, 2.05) is 51.1 Å². The Kier molecular flexibility index (Phi) is 6.12. The van der Waals surface area contributed by atoms with E-state index in [0.29, 0.717) is 36.7 Å². The third-order valence-corrected chi connectivity index (χ3v) is 6.28. The lowest BCUT2D eigenvalue weighted by Gasteiger charge is -2.23. The molecule has 2 aliphatic rings. The summed E-state index contributed by atoms with van der Waals surface area (Å²) in [5.41, 5.74) is 2.81. The van der Waals surface area contributed by atoms with E-state index in [1.165, 1.54) is 0 Å². The predicted octanol–water partition coefficient (Wildman–Crippen LogP) is 5.25. The number of benzene rings is 2. The predicted molar refractivity (Wildman–Crippen MR) is 125 cm³/mol. The van der Waals surface area contributed by atoms with Gasteiger partial charge in [0.2, 0.25) is 5.75 Å². The molecule has 176 valence electrons. The highest BCUT2D eigenvalue weighted by molar-refractivity contribution is 6.02. The molecular weight excluding hydrogens is 420 g/mol. The fourth-order valence-electron chi connectivity index (χ4n) is 4.20. The largest absolute Gasteiger partial charge is 0.493 e. The van der Waals surface area contributed by atoms with Gasteiger partial charge in [0.1, 0.15) is 12.0 Å². The molecule has 0 N–H and O–H groups in total. The quantitative estimate of drug-likeness (QED) is 0.510. The molecule has 1 fully saturated rings. The number of Topliss-reactive ketones (excluding diaryl/α,β-unsaturated/α-hetero) is 1. The molecule has 0 atom stereocenters. The molecule has 6 nitrogen and oxygen atoms in total. The van der Waals surface area contributed by atoms with Crippen LogP contribution in [0.1, 0.15) is 56.0 Å². The molecule has 4 rings (SSSR count). The van der Waals surface area contributed by atoms with Crippen molar-refractivity contribution in [3.8, 4) is 28.4 Å². The molecule has 0 saturated heterocycles. The second-order valence-electron chi connectivity index (χ2n) is 10.1. The van der Waals surface area contributed by atoms with Gasteiger partial charge in [-0.3, -0.25) is 9.59 Å². The average Bonchev–Trinajstić information content (AvgIpc) is 3.50. The van der Waals surface area contributed by atoms with E-state index < -0.39 is 5.41 Å². The van der Waals surface area contributed by atoms with Crippen LogP contribution in [-0.2, 0) is 16.0 Å². The molecule has 0 radical (unpaired) electrons. The van der Waals surface area contributed by atoms with E-state index in [1.54, 1.807) is 14.2 Å². The molecule has 0 aliphatic heterocycles. The maximum absolute atomic E-state index is 12.8. The van der Waals surface area contributed by atoms with Gasteiger partial charge in [-0.05, 0) is 47.9 Å². The molecule has 33 heavy (non-hydrogen) atoms. The van der Waals surface area contributed by atoms with E-state index in [2.05, 4.69) is 0 Å². The minimum atomic E-state index is -0.634. The van der Waals surface area contributed by atoms with Crippen LogP contribution in [0.25, 0.3) is 11.1 Å². The zero-order valence-electron chi connectivity index (χ0n) is 20.1. The lowest BCUT2D eigenvalue weighted by Crippen LogP contribution is -2.29. The minimum Gasteiger partial charge on any atom is -0.493 e. The van der Waals surface area contributed by atoms with Crippen LogP contribution in [0.2, 0.25) is 0 Å². The van der Waals surface area contributed by atoms with E-state index in [-0.39, 0.29) is 23.8 Å². The van der Waals surface area contributed by atoms with Gasteiger partial charge in [-0.1, -0.05) is 39.0 Å². The molecule has 1 saturated carbocycles. The summed E-state index contributed by atoms with van der Waals surface area (Å²) in [6.45, 7) is 6.66. The highest BCUT2D eigenvalue weighted by atomic mass is 16.5. The number of methoxy groups -OCH3 is 2. The zero-order valence-corrected chi connectivity index (χ0v) is 20.1. The van der Waals surface area contributed by atoms with E-state index in [0.717, 1.165) is 35.1 Å². The maximum Gasteiger partial charge on any atom is 0.315 e. The monoisotopic (exact) mass is 452 g/mol. The molecule has 0 amide bonds. The first-order valence-electron chi connectivity index (χ1n) is 11.4. The van der Waals surface area contributed by atoms with Crippen molar-refractivity contribution in [1.82, 2.24) is 0 Å². The molecule has 2 aromatic carbocycles. The van der Waals surface area contributed by atoms with Gasteiger partial charge in [-0.25, -0.2) is 0 Å². The van der Waals surface area contributed by atoms with Crippen LogP contribution >= 0.6 is 0 Å². The number of ether oxygens (including phenoxy) is 4. The number of carbonyl (C=O) groups is 2. The van der Waals surface area contributed by atoms with Crippen molar-refractivity contribution in [3.05, 3.63) is 41.5 Å². The van der Waals surface area contributed by atoms with E-state index in [4.69, 9.17) is 18.9 Å². The van der Waals surface area contributed by atoms with Crippen molar-refractivity contribution >= 4 is 11.8 Å². The van der Waals surface area contributed by atoms with Gasteiger partial charge in [0.25, 0.3) is 0 Å². The third kappa shape index (κ3) is 4.56. The highest BCUT2D eigenvalue weighted by Gasteiger charge is 2.53. The first-order valence-corrected chi connectivity index (χ1v) is 11.4. The van der Waals surface area contributed by atoms with Gasteiger partial charge in [0, 0.05) is 17.5 Å². The molecular formula is C27H32O6. The summed E-state index contributed by atoms with van der Waals surface area (Å²) in [5, 5.41) is 0. The van der Waals surface area contributed by atoms with E-state index >= 15 is 0 Å². The molecule has 0 aromatic heterocycles. The Labute approximate surface area is 195 Å². The van der Waals surface area contributed by atoms with Gasteiger partial charge in [-0.2, -0.15) is 0 Å². The summed E-state index contributed by atoms with van der Waals surface area (Å²) >= 11 is 0. The number of fused-ring (bicyclic) bond motifs is 1. The Morgan fingerprint density at radius 2 is 1.67 bits per heavy atom. The van der Waals surface area contributed by atoms with Gasteiger partial charge < -0.3 is 18.9 Å². The van der Waals surface area contributed by atoms with Crippen LogP contribution in [0, 0.1) is 10.8 Å². The summed E-state index contributed by atoms with van der Waals surface area (Å²) in [4.78, 5) is 25.1. The Bertz CT molecular complexity index is 1070. The maximum atomic E-state index is 12.8. The summed E-state index contributed by atoms with van der Waals surface area (Å²) in [7, 11) is 3.14. The molecule has 6 heteroatoms. The van der Waals surface area contributed by atoms with Crippen molar-refractivity contribution in [2.75, 3.05) is 27.4 Å². The summed E-state index contributed by atoms with van der Waals surface area (Å²) in [6, 6.07) is 9.52. The summed E-state index contributed by atoms with van der Waals surface area (Å²) < 4.78 is 23.1. The smallest absolute Gasteiger partial charge is 0.315 e. The van der Waals surface area contributed by atoms with Crippen LogP contribution in [0.4, 0.5) is 0 Å². The molecule has 0 bridgehead atoms. The van der Waals surface area contributed by atoms with Crippen LogP contribution in [0.15, 0.2) is 30.3 Å². The van der Waals surface area contributed by atoms with Crippen molar-refractivity contribution in [2.24, 2.45) is 10.8 Å². The molecule has 0 heterocycles. The normalized spacial score (nSPS) is 16.2. The van der Waals surface area contributed by atoms with Crippen LogP contribution < -0.4 is 14.2 Å². The van der Waals surface area contributed by atoms with Gasteiger partial charge >= 0.3 is 5.97 Å². The van der Waals surface area contributed by atoms with Crippen molar-refractivity contribution in [2.45, 2.75) is 46.5 Å². The first kappa shape index (κ1) is 23.1. The van der Waals surface area contributed by atoms with Crippen LogP contribution in [-0.4, -0.2) is 39.2 Å². The lowest BCUT2D eigenvalue weighted by atomic mass is 9.95. The number of hydrogen-bond acceptors (Lipinski definition) is 6. The zero-order chi connectivity index (χ0) is 23.8. The Balaban J connectivity index is 1.67. The van der Waals surface area contributed by atoms with Crippen molar-refractivity contribution in [3.63, 3.8) is 0 Å². The Morgan fingerprint density at radius 1 is 0.939 bits per heavy atom. The first-order chi connectivity index (χ1) is 15.7. The average molecular weight is 453 g/mol. The van der Waals surface area contributed by atoms with Crippen molar-refractivity contribution < 1.29 is 28.5 Å². The number of ketones is 1. The van der Waals surface area contributed by atoms with E-state index in [9.17, 15) is 9.59 Å². The molecule has 0 unspecified atom stereocenters. The second-order valence-corrected chi connectivity index (χ2v) is 10.1. The number of rotatable bonds is 8. The number of esters is 1. The fourth-order valence-corrected chi connectivity index (χ4v) is 4.20. The number of hydrogen-bond donors (Lipinski definition) is 0. The van der Waals surface area contributed by atoms with Crippen LogP contribution in [0.5, 0.6) is 17.2 Å². The molecule has 2 aromatic rings. The SMILES string of the molecule is COc1ccc(-c2cccc3c2CCC3=O)c(OCC2(C(=O)OCC(C)(C)C)CC2)c1OC. The van der Waals surface area contributed by atoms with Gasteiger partial charge in [0.05, 0.1) is 20.8 Å². The Hall–Kier alpha value is -3.02. The summed E-state index contributed by atoms with van der Waals surface area (Å²) in [6.07, 6.45) is 2.67. The molecule has 0 spiro atoms. The fraction of sp³-hybridized carbons (Fsp3) is 0.481. The minimum absolute atomic E-state index is 0.0963. The number of carbonyl (C=O) groups excluding carboxylic acids is 2. The Morgan fingerprint density at radius 3 is 2.30 bits per heavy atom. The molecule has 2 aliphatic carbocycles. The highest BCUT2D eigenvalue weighted by Crippen LogP contribution is 2.51. The van der Waals surface area contributed by atoms with Crippen LogP contribution in [0.3, 0.4) is 0 Å². The standard InChI is InChI=1S/C27H32O6/c1-26(2,3)15-33-25(29)27(13-14-27)16-32-23-20(10-12-22(30-4)24(23)31-5)17-7-6-8-19-18(17)9-11-21(19)28/h6-8,10,12H,9,11,13-16H2,1-5H3. The van der Waals surface area contributed by atoms with Crippen molar-refractivity contribution in [1.29, 1.82) is 0 Å². The lowest BCUT2D eigenvalue weighted by molar-refractivity contribution is -0.154. The second kappa shape index (κ2) is 8.73. The van der Waals surface area contributed by atoms with Gasteiger partial charge in [-0.15, -0.1) is 0 Å². The summed E-state index contributed by atoms with van der Waals surface area (Å²) in [5.74, 6) is 1.47. The third-order valence-electron chi connectivity index (χ3n) is 6.28.